The van der Waals surface area contributed by atoms with Crippen LogP contribution < -0.4 is 5.73 Å². The maximum absolute atomic E-state index is 13.7. The van der Waals surface area contributed by atoms with Crippen molar-refractivity contribution in [3.05, 3.63) is 35.6 Å². The molecule has 5 nitrogen and oxygen atoms in total. The average molecular weight is 351 g/mol. The summed E-state index contributed by atoms with van der Waals surface area (Å²) >= 11 is 0. The molecule has 1 fully saturated rings. The first-order chi connectivity index (χ1) is 11.9. The van der Waals surface area contributed by atoms with Crippen LogP contribution in [0.1, 0.15) is 31.9 Å². The fourth-order valence-corrected chi connectivity index (χ4v) is 3.02. The first-order valence-electron chi connectivity index (χ1n) is 8.98. The van der Waals surface area contributed by atoms with Gasteiger partial charge >= 0.3 is 0 Å². The normalized spacial score (nSPS) is 18.2. The van der Waals surface area contributed by atoms with Gasteiger partial charge in [-0.15, -0.1) is 0 Å². The van der Waals surface area contributed by atoms with E-state index in [1.165, 1.54) is 12.1 Å². The predicted molar refractivity (Wildman–Crippen MR) is 96.6 cm³/mol. The third kappa shape index (κ3) is 5.49. The van der Waals surface area contributed by atoms with E-state index in [1.807, 2.05) is 6.07 Å². The summed E-state index contributed by atoms with van der Waals surface area (Å²) in [6, 6.07) is 5.89. The summed E-state index contributed by atoms with van der Waals surface area (Å²) in [4.78, 5) is 16.9. The topological polar surface area (TPSA) is 58.8 Å². The van der Waals surface area contributed by atoms with E-state index < -0.39 is 6.04 Å². The quantitative estimate of drug-likeness (QED) is 0.817. The molecule has 0 radical (unpaired) electrons. The summed E-state index contributed by atoms with van der Waals surface area (Å²) in [5, 5.41) is 0. The van der Waals surface area contributed by atoms with E-state index in [9.17, 15) is 9.18 Å². The first kappa shape index (κ1) is 19.8. The third-order valence-electron chi connectivity index (χ3n) is 4.84. The lowest BCUT2D eigenvalue weighted by atomic mass is 10.0. The number of halogens is 1. The van der Waals surface area contributed by atoms with Crippen molar-refractivity contribution < 1.29 is 13.9 Å². The SMILES string of the molecule is CC(C)C(N)CCN(C)C(=O)C(c1cccc(F)c1)N1CCOCC1. The molecule has 0 spiro atoms. The van der Waals surface area contributed by atoms with Crippen molar-refractivity contribution in [3.63, 3.8) is 0 Å². The van der Waals surface area contributed by atoms with Crippen LogP contribution in [0.2, 0.25) is 0 Å². The molecule has 6 heteroatoms. The van der Waals surface area contributed by atoms with Gasteiger partial charge in [-0.1, -0.05) is 26.0 Å². The van der Waals surface area contributed by atoms with Crippen LogP contribution in [0.25, 0.3) is 0 Å². The number of morpholine rings is 1. The first-order valence-corrected chi connectivity index (χ1v) is 8.98. The zero-order valence-electron chi connectivity index (χ0n) is 15.5. The van der Waals surface area contributed by atoms with Crippen molar-refractivity contribution in [2.24, 2.45) is 11.7 Å². The molecule has 0 aliphatic carbocycles. The van der Waals surface area contributed by atoms with Gasteiger partial charge in [-0.25, -0.2) is 4.39 Å². The van der Waals surface area contributed by atoms with E-state index in [0.29, 0.717) is 44.3 Å². The summed E-state index contributed by atoms with van der Waals surface area (Å²) < 4.78 is 19.1. The van der Waals surface area contributed by atoms with E-state index in [1.54, 1.807) is 18.0 Å². The smallest absolute Gasteiger partial charge is 0.244 e. The second-order valence-electron chi connectivity index (χ2n) is 7.06. The Morgan fingerprint density at radius 1 is 1.36 bits per heavy atom. The molecule has 2 unspecified atom stereocenters. The molecule has 140 valence electrons. The van der Waals surface area contributed by atoms with Gasteiger partial charge in [0, 0.05) is 32.7 Å². The Bertz CT molecular complexity index is 561. The lowest BCUT2D eigenvalue weighted by Crippen LogP contribution is -2.47. The standard InChI is InChI=1S/C19H30FN3O2/c1-14(2)17(21)7-8-22(3)19(24)18(23-9-11-25-12-10-23)15-5-4-6-16(20)13-15/h4-6,13-14,17-18H,7-12,21H2,1-3H3. The Morgan fingerprint density at radius 2 is 2.04 bits per heavy atom. The summed E-state index contributed by atoms with van der Waals surface area (Å²) in [6.07, 6.45) is 0.749. The van der Waals surface area contributed by atoms with Crippen LogP contribution in [0, 0.1) is 11.7 Å². The molecule has 0 bridgehead atoms. The van der Waals surface area contributed by atoms with Crippen LogP contribution in [-0.2, 0) is 9.53 Å². The summed E-state index contributed by atoms with van der Waals surface area (Å²) in [5.74, 6) is 0.0262. The van der Waals surface area contributed by atoms with Gasteiger partial charge in [0.25, 0.3) is 0 Å². The van der Waals surface area contributed by atoms with Gasteiger partial charge in [0.15, 0.2) is 0 Å². The van der Waals surface area contributed by atoms with E-state index in [0.717, 1.165) is 6.42 Å². The number of nitrogens with two attached hydrogens (primary N) is 1. The zero-order chi connectivity index (χ0) is 18.4. The molecule has 1 saturated heterocycles. The Balaban J connectivity index is 2.14. The lowest BCUT2D eigenvalue weighted by molar-refractivity contribution is -0.138. The van der Waals surface area contributed by atoms with Crippen molar-refractivity contribution in [2.75, 3.05) is 39.9 Å². The molecule has 1 amide bonds. The van der Waals surface area contributed by atoms with Crippen molar-refractivity contribution in [2.45, 2.75) is 32.4 Å². The highest BCUT2D eigenvalue weighted by Gasteiger charge is 2.31. The van der Waals surface area contributed by atoms with Gasteiger partial charge < -0.3 is 15.4 Å². The predicted octanol–water partition coefficient (Wildman–Crippen LogP) is 2.03. The Hall–Kier alpha value is -1.50. The molecule has 1 aromatic carbocycles. The second-order valence-corrected chi connectivity index (χ2v) is 7.06. The fourth-order valence-electron chi connectivity index (χ4n) is 3.02. The zero-order valence-corrected chi connectivity index (χ0v) is 15.5. The highest BCUT2D eigenvalue weighted by molar-refractivity contribution is 5.83. The molecule has 1 aliphatic rings. The molecular weight excluding hydrogens is 321 g/mol. The molecule has 0 aromatic heterocycles. The number of carbonyl (C=O) groups excluding carboxylic acids is 1. The van der Waals surface area contributed by atoms with Crippen LogP contribution >= 0.6 is 0 Å². The fraction of sp³-hybridized carbons (Fsp3) is 0.632. The summed E-state index contributed by atoms with van der Waals surface area (Å²) in [5.41, 5.74) is 6.79. The number of nitrogens with zero attached hydrogens (tertiary/aromatic N) is 2. The van der Waals surface area contributed by atoms with Gasteiger partial charge in [0.05, 0.1) is 13.2 Å². The van der Waals surface area contributed by atoms with E-state index in [2.05, 4.69) is 18.7 Å². The maximum Gasteiger partial charge on any atom is 0.244 e. The molecule has 25 heavy (non-hydrogen) atoms. The average Bonchev–Trinajstić information content (AvgIpc) is 2.60. The van der Waals surface area contributed by atoms with Crippen molar-refractivity contribution >= 4 is 5.91 Å². The third-order valence-corrected chi connectivity index (χ3v) is 4.84. The van der Waals surface area contributed by atoms with Crippen LogP contribution in [0.3, 0.4) is 0 Å². The number of hydrogen-bond donors (Lipinski definition) is 1. The molecule has 0 saturated carbocycles. The van der Waals surface area contributed by atoms with E-state index in [4.69, 9.17) is 10.5 Å². The summed E-state index contributed by atoms with van der Waals surface area (Å²) in [7, 11) is 1.79. The van der Waals surface area contributed by atoms with Gasteiger partial charge in [0.2, 0.25) is 5.91 Å². The van der Waals surface area contributed by atoms with Crippen molar-refractivity contribution in [3.8, 4) is 0 Å². The van der Waals surface area contributed by atoms with E-state index >= 15 is 0 Å². The number of carbonyl (C=O) groups is 1. The second kappa shape index (κ2) is 9.27. The Morgan fingerprint density at radius 3 is 2.64 bits per heavy atom. The molecule has 2 N–H and O–H groups in total. The highest BCUT2D eigenvalue weighted by Crippen LogP contribution is 2.25. The van der Waals surface area contributed by atoms with Gasteiger partial charge in [-0.05, 0) is 30.0 Å². The number of rotatable bonds is 7. The Labute approximate surface area is 149 Å². The molecule has 2 rings (SSSR count). The van der Waals surface area contributed by atoms with E-state index in [-0.39, 0.29) is 17.8 Å². The maximum atomic E-state index is 13.7. The van der Waals surface area contributed by atoms with Crippen molar-refractivity contribution in [1.29, 1.82) is 0 Å². The molecule has 1 aromatic rings. The highest BCUT2D eigenvalue weighted by atomic mass is 19.1. The number of ether oxygens (including phenoxy) is 1. The monoisotopic (exact) mass is 351 g/mol. The van der Waals surface area contributed by atoms with Crippen molar-refractivity contribution in [1.82, 2.24) is 9.80 Å². The minimum atomic E-state index is -0.486. The molecule has 2 atom stereocenters. The number of likely N-dealkylation sites (N-methyl/N-ethyl adjacent to an activating group) is 1. The minimum absolute atomic E-state index is 0.0246. The summed E-state index contributed by atoms with van der Waals surface area (Å²) in [6.45, 7) is 7.24. The largest absolute Gasteiger partial charge is 0.379 e. The van der Waals surface area contributed by atoms with Crippen LogP contribution in [0.15, 0.2) is 24.3 Å². The van der Waals surface area contributed by atoms with Gasteiger partial charge in [-0.3, -0.25) is 9.69 Å². The van der Waals surface area contributed by atoms with Crippen LogP contribution in [0.5, 0.6) is 0 Å². The molecule has 1 aliphatic heterocycles. The molecule has 1 heterocycles. The number of amides is 1. The Kier molecular flexibility index (Phi) is 7.35. The number of benzene rings is 1. The van der Waals surface area contributed by atoms with Gasteiger partial charge in [-0.2, -0.15) is 0 Å². The molecular formula is C19H30FN3O2. The number of hydrogen-bond acceptors (Lipinski definition) is 4. The minimum Gasteiger partial charge on any atom is -0.379 e. The van der Waals surface area contributed by atoms with Gasteiger partial charge in [0.1, 0.15) is 11.9 Å². The van der Waals surface area contributed by atoms with Crippen LogP contribution in [-0.4, -0.2) is 61.6 Å². The lowest BCUT2D eigenvalue weighted by Gasteiger charge is -2.36. The van der Waals surface area contributed by atoms with Crippen LogP contribution in [0.4, 0.5) is 4.39 Å².